The average Bonchev–Trinajstić information content (AvgIpc) is 2.66. The number of nitrogens with zero attached hydrogens (tertiary/aromatic N) is 2. The molecule has 7 nitrogen and oxygen atoms in total. The Morgan fingerprint density at radius 2 is 1.79 bits per heavy atom. The Labute approximate surface area is 165 Å². The Morgan fingerprint density at radius 3 is 2.29 bits per heavy atom. The number of carbonyl (C=O) groups is 1. The number of nitriles is 1. The van der Waals surface area contributed by atoms with Gasteiger partial charge in [0.05, 0.1) is 4.90 Å². The second-order valence-electron chi connectivity index (χ2n) is 6.40. The predicted molar refractivity (Wildman–Crippen MR) is 107 cm³/mol. The minimum Gasteiger partial charge on any atom is -0.360 e. The van der Waals surface area contributed by atoms with Crippen molar-refractivity contribution in [3.63, 3.8) is 0 Å². The molecule has 3 N–H and O–H groups in total. The van der Waals surface area contributed by atoms with Crippen LogP contribution in [0.15, 0.2) is 71.3 Å². The molecule has 0 aliphatic heterocycles. The Hall–Kier alpha value is -3.15. The largest absolute Gasteiger partial charge is 0.360 e. The number of amides is 1. The smallest absolute Gasteiger partial charge is 0.266 e. The summed E-state index contributed by atoms with van der Waals surface area (Å²) in [7, 11) is -3.78. The number of anilines is 1. The molecule has 0 aliphatic rings. The highest BCUT2D eigenvalue weighted by Crippen LogP contribution is 2.15. The third-order valence-corrected chi connectivity index (χ3v) is 4.93. The van der Waals surface area contributed by atoms with Gasteiger partial charge in [0.15, 0.2) is 0 Å². The maximum Gasteiger partial charge on any atom is 0.266 e. The SMILES string of the molecule is CC(C)N(Cc1ccccc1)C(=O)/C(C#N)=C\Nc1ccc(S(N)(=O)=O)cc1. The van der Waals surface area contributed by atoms with E-state index in [4.69, 9.17) is 5.14 Å². The molecule has 0 fully saturated rings. The summed E-state index contributed by atoms with van der Waals surface area (Å²) < 4.78 is 22.6. The predicted octanol–water partition coefficient (Wildman–Crippen LogP) is 2.59. The molecule has 0 bridgehead atoms. The van der Waals surface area contributed by atoms with Gasteiger partial charge in [0, 0.05) is 24.5 Å². The normalized spacial score (nSPS) is 11.8. The van der Waals surface area contributed by atoms with E-state index >= 15 is 0 Å². The lowest BCUT2D eigenvalue weighted by atomic mass is 10.1. The summed E-state index contributed by atoms with van der Waals surface area (Å²) in [6.07, 6.45) is 1.31. The van der Waals surface area contributed by atoms with Crippen molar-refractivity contribution in [2.24, 2.45) is 5.14 Å². The molecule has 8 heteroatoms. The molecule has 0 aromatic heterocycles. The summed E-state index contributed by atoms with van der Waals surface area (Å²) in [6, 6.07) is 17.0. The van der Waals surface area contributed by atoms with Crippen LogP contribution < -0.4 is 10.5 Å². The van der Waals surface area contributed by atoms with Crippen molar-refractivity contribution in [1.82, 2.24) is 4.90 Å². The van der Waals surface area contributed by atoms with Gasteiger partial charge in [-0.2, -0.15) is 5.26 Å². The van der Waals surface area contributed by atoms with Crippen LogP contribution in [0.5, 0.6) is 0 Å². The summed E-state index contributed by atoms with van der Waals surface area (Å²) >= 11 is 0. The highest BCUT2D eigenvalue weighted by molar-refractivity contribution is 7.89. The number of hydrogen-bond donors (Lipinski definition) is 2. The van der Waals surface area contributed by atoms with E-state index in [0.29, 0.717) is 12.2 Å². The lowest BCUT2D eigenvalue weighted by Crippen LogP contribution is -2.37. The van der Waals surface area contributed by atoms with Crippen molar-refractivity contribution in [2.45, 2.75) is 31.3 Å². The Kier molecular flexibility index (Phi) is 6.93. The quantitative estimate of drug-likeness (QED) is 0.549. The third-order valence-electron chi connectivity index (χ3n) is 4.00. The summed E-state index contributed by atoms with van der Waals surface area (Å²) in [5.41, 5.74) is 1.43. The number of sulfonamides is 1. The number of hydrogen-bond acceptors (Lipinski definition) is 5. The van der Waals surface area contributed by atoms with Crippen molar-refractivity contribution in [3.05, 3.63) is 71.9 Å². The van der Waals surface area contributed by atoms with E-state index in [1.54, 1.807) is 4.90 Å². The zero-order chi connectivity index (χ0) is 20.7. The molecular weight excluding hydrogens is 376 g/mol. The van der Waals surface area contributed by atoms with Crippen molar-refractivity contribution in [2.75, 3.05) is 5.32 Å². The third kappa shape index (κ3) is 5.67. The van der Waals surface area contributed by atoms with Crippen molar-refractivity contribution in [3.8, 4) is 6.07 Å². The van der Waals surface area contributed by atoms with E-state index in [1.165, 1.54) is 30.5 Å². The van der Waals surface area contributed by atoms with Crippen LogP contribution in [0, 0.1) is 11.3 Å². The first kappa shape index (κ1) is 21.2. The molecule has 0 aliphatic carbocycles. The Bertz CT molecular complexity index is 992. The van der Waals surface area contributed by atoms with Crippen LogP contribution in [-0.2, 0) is 21.4 Å². The monoisotopic (exact) mass is 398 g/mol. The van der Waals surface area contributed by atoms with Crippen LogP contribution in [0.3, 0.4) is 0 Å². The van der Waals surface area contributed by atoms with E-state index in [0.717, 1.165) is 5.56 Å². The van der Waals surface area contributed by atoms with Crippen molar-refractivity contribution in [1.29, 1.82) is 5.26 Å². The average molecular weight is 398 g/mol. The van der Waals surface area contributed by atoms with Crippen LogP contribution in [0.25, 0.3) is 0 Å². The molecule has 1 amide bonds. The molecule has 0 heterocycles. The molecule has 0 radical (unpaired) electrons. The number of carbonyl (C=O) groups excluding carboxylic acids is 1. The van der Waals surface area contributed by atoms with Gasteiger partial charge in [-0.25, -0.2) is 13.6 Å². The fourth-order valence-corrected chi connectivity index (χ4v) is 2.98. The molecule has 2 aromatic carbocycles. The first-order valence-electron chi connectivity index (χ1n) is 8.57. The van der Waals surface area contributed by atoms with Crippen molar-refractivity contribution >= 4 is 21.6 Å². The van der Waals surface area contributed by atoms with Crippen LogP contribution >= 0.6 is 0 Å². The molecule has 0 saturated carbocycles. The number of nitrogens with two attached hydrogens (primary N) is 1. The Morgan fingerprint density at radius 1 is 1.18 bits per heavy atom. The zero-order valence-corrected chi connectivity index (χ0v) is 16.5. The molecule has 28 heavy (non-hydrogen) atoms. The van der Waals surface area contributed by atoms with Gasteiger partial charge < -0.3 is 10.2 Å². The molecule has 0 unspecified atom stereocenters. The maximum absolute atomic E-state index is 12.8. The number of rotatable bonds is 7. The topological polar surface area (TPSA) is 116 Å². The molecule has 0 saturated heterocycles. The van der Waals surface area contributed by atoms with Crippen molar-refractivity contribution < 1.29 is 13.2 Å². The van der Waals surface area contributed by atoms with Gasteiger partial charge in [-0.1, -0.05) is 30.3 Å². The Balaban J connectivity index is 2.17. The highest BCUT2D eigenvalue weighted by Gasteiger charge is 2.21. The summed E-state index contributed by atoms with van der Waals surface area (Å²) in [4.78, 5) is 14.4. The van der Waals surface area contributed by atoms with Crippen LogP contribution in [0.2, 0.25) is 0 Å². The van der Waals surface area contributed by atoms with E-state index in [2.05, 4.69) is 5.32 Å². The van der Waals surface area contributed by atoms with Crippen LogP contribution in [0.1, 0.15) is 19.4 Å². The lowest BCUT2D eigenvalue weighted by molar-refractivity contribution is -0.129. The van der Waals surface area contributed by atoms with Gasteiger partial charge in [-0.15, -0.1) is 0 Å². The second kappa shape index (κ2) is 9.17. The fraction of sp³-hybridized carbons (Fsp3) is 0.200. The van der Waals surface area contributed by atoms with Gasteiger partial charge in [0.25, 0.3) is 5.91 Å². The van der Waals surface area contributed by atoms with Gasteiger partial charge >= 0.3 is 0 Å². The molecule has 0 spiro atoms. The van der Waals surface area contributed by atoms with E-state index in [1.807, 2.05) is 50.2 Å². The molecule has 0 atom stereocenters. The van der Waals surface area contributed by atoms with Crippen LogP contribution in [-0.4, -0.2) is 25.3 Å². The molecular formula is C20H22N4O3S. The first-order valence-corrected chi connectivity index (χ1v) is 10.1. The van der Waals surface area contributed by atoms with Gasteiger partial charge in [0.1, 0.15) is 11.6 Å². The number of nitrogens with one attached hydrogen (secondary N) is 1. The fourth-order valence-electron chi connectivity index (χ4n) is 2.46. The van der Waals surface area contributed by atoms with E-state index in [-0.39, 0.29) is 16.5 Å². The van der Waals surface area contributed by atoms with Gasteiger partial charge in [-0.05, 0) is 43.7 Å². The summed E-state index contributed by atoms with van der Waals surface area (Å²) in [5.74, 6) is -0.394. The van der Waals surface area contributed by atoms with Crippen LogP contribution in [0.4, 0.5) is 5.69 Å². The zero-order valence-electron chi connectivity index (χ0n) is 15.7. The minimum atomic E-state index is -3.78. The number of benzene rings is 2. The van der Waals surface area contributed by atoms with E-state index in [9.17, 15) is 18.5 Å². The van der Waals surface area contributed by atoms with E-state index < -0.39 is 15.9 Å². The maximum atomic E-state index is 12.8. The van der Waals surface area contributed by atoms with Gasteiger partial charge in [-0.3, -0.25) is 4.79 Å². The molecule has 2 rings (SSSR count). The first-order chi connectivity index (χ1) is 13.2. The lowest BCUT2D eigenvalue weighted by Gasteiger charge is -2.26. The van der Waals surface area contributed by atoms with Gasteiger partial charge in [0.2, 0.25) is 10.0 Å². The minimum absolute atomic E-state index is 0.0209. The summed E-state index contributed by atoms with van der Waals surface area (Å²) in [5, 5.41) is 17.3. The molecule has 146 valence electrons. The number of primary sulfonamides is 1. The summed E-state index contributed by atoms with van der Waals surface area (Å²) in [6.45, 7) is 4.16. The second-order valence-corrected chi connectivity index (χ2v) is 7.96. The highest BCUT2D eigenvalue weighted by atomic mass is 32.2. The standard InChI is InChI=1S/C20H22N4O3S/c1-15(2)24(14-16-6-4-3-5-7-16)20(25)17(12-21)13-23-18-8-10-19(11-9-18)28(22,26)27/h3-11,13,15,23H,14H2,1-2H3,(H2,22,26,27)/b17-13-. The molecule has 2 aromatic rings.